The van der Waals surface area contributed by atoms with E-state index in [0.29, 0.717) is 23.5 Å². The molecule has 0 aromatic heterocycles. The highest BCUT2D eigenvalue weighted by atomic mass is 16.2. The molecule has 0 aliphatic rings. The Labute approximate surface area is 165 Å². The first-order valence-corrected chi connectivity index (χ1v) is 8.94. The zero-order valence-electron chi connectivity index (χ0n) is 16.6. The van der Waals surface area contributed by atoms with Crippen LogP contribution in [0.4, 0.5) is 11.4 Å². The third kappa shape index (κ3) is 6.85. The van der Waals surface area contributed by atoms with E-state index < -0.39 is 0 Å². The molecule has 7 heteroatoms. The summed E-state index contributed by atoms with van der Waals surface area (Å²) in [5.41, 5.74) is 3.41. The van der Waals surface area contributed by atoms with Crippen molar-refractivity contribution in [2.45, 2.75) is 26.9 Å². The fraction of sp³-hybridized carbons (Fsp3) is 0.286. The predicted molar refractivity (Wildman–Crippen MR) is 110 cm³/mol. The van der Waals surface area contributed by atoms with Gasteiger partial charge < -0.3 is 20.9 Å². The van der Waals surface area contributed by atoms with E-state index in [0.717, 1.165) is 12.1 Å². The van der Waals surface area contributed by atoms with Crippen LogP contribution in [-0.2, 0) is 22.7 Å². The van der Waals surface area contributed by atoms with Gasteiger partial charge in [-0.3, -0.25) is 14.4 Å². The van der Waals surface area contributed by atoms with Crippen molar-refractivity contribution in [1.29, 1.82) is 0 Å². The van der Waals surface area contributed by atoms with Gasteiger partial charge in [-0.05, 0) is 43.4 Å². The van der Waals surface area contributed by atoms with Crippen molar-refractivity contribution in [2.24, 2.45) is 0 Å². The first kappa shape index (κ1) is 21.1. The van der Waals surface area contributed by atoms with Crippen LogP contribution in [0.3, 0.4) is 0 Å². The minimum absolute atomic E-state index is 0.260. The van der Waals surface area contributed by atoms with Gasteiger partial charge in [0.05, 0.1) is 0 Å². The van der Waals surface area contributed by atoms with Crippen LogP contribution in [0.2, 0.25) is 0 Å². The molecule has 0 heterocycles. The lowest BCUT2D eigenvalue weighted by molar-refractivity contribution is -0.115. The zero-order valence-corrected chi connectivity index (χ0v) is 16.6. The minimum atomic E-state index is -0.295. The van der Waals surface area contributed by atoms with Crippen LogP contribution in [0.15, 0.2) is 42.5 Å². The van der Waals surface area contributed by atoms with Crippen LogP contribution in [0.25, 0.3) is 0 Å². The van der Waals surface area contributed by atoms with E-state index in [9.17, 15) is 14.4 Å². The topological polar surface area (TPSA) is 90.5 Å². The van der Waals surface area contributed by atoms with Gasteiger partial charge in [0.2, 0.25) is 11.8 Å². The van der Waals surface area contributed by atoms with Crippen molar-refractivity contribution in [3.05, 3.63) is 59.2 Å². The summed E-state index contributed by atoms with van der Waals surface area (Å²) >= 11 is 0. The predicted octanol–water partition coefficient (Wildman–Crippen LogP) is 2.60. The number of amides is 3. The van der Waals surface area contributed by atoms with Crippen LogP contribution >= 0.6 is 0 Å². The van der Waals surface area contributed by atoms with Gasteiger partial charge in [0, 0.05) is 43.9 Å². The molecule has 0 bridgehead atoms. The number of nitrogens with one attached hydrogen (secondary N) is 3. The van der Waals surface area contributed by atoms with Crippen LogP contribution in [0.5, 0.6) is 0 Å². The van der Waals surface area contributed by atoms with Crippen LogP contribution < -0.4 is 16.0 Å². The summed E-state index contributed by atoms with van der Waals surface area (Å²) in [6.07, 6.45) is 0. The van der Waals surface area contributed by atoms with Crippen molar-refractivity contribution in [2.75, 3.05) is 24.7 Å². The van der Waals surface area contributed by atoms with Crippen LogP contribution in [-0.4, -0.2) is 36.7 Å². The average molecular weight is 382 g/mol. The highest BCUT2D eigenvalue weighted by Gasteiger charge is 2.10. The fourth-order valence-electron chi connectivity index (χ4n) is 2.72. The molecule has 0 unspecified atom stereocenters. The second-order valence-electron chi connectivity index (χ2n) is 6.90. The fourth-order valence-corrected chi connectivity index (χ4v) is 2.72. The SMILES string of the molecule is CC(=O)Nc1cc(NC(C)=O)cc(C(=O)NCc2ccc(CN(C)C)cc2)c1. The molecular formula is C21H26N4O3. The maximum atomic E-state index is 12.6. The average Bonchev–Trinajstić information content (AvgIpc) is 2.59. The Morgan fingerprint density at radius 1 is 0.821 bits per heavy atom. The quantitative estimate of drug-likeness (QED) is 0.687. The smallest absolute Gasteiger partial charge is 0.251 e. The largest absolute Gasteiger partial charge is 0.348 e. The summed E-state index contributed by atoms with van der Waals surface area (Å²) in [6, 6.07) is 12.8. The van der Waals surface area contributed by atoms with Crippen molar-refractivity contribution in [1.82, 2.24) is 10.2 Å². The van der Waals surface area contributed by atoms with Gasteiger partial charge in [0.15, 0.2) is 0 Å². The summed E-state index contributed by atoms with van der Waals surface area (Å²) < 4.78 is 0. The van der Waals surface area contributed by atoms with Gasteiger partial charge in [0.25, 0.3) is 5.91 Å². The number of nitrogens with zero attached hydrogens (tertiary/aromatic N) is 1. The Morgan fingerprint density at radius 3 is 1.79 bits per heavy atom. The molecule has 2 rings (SSSR count). The van der Waals surface area contributed by atoms with Gasteiger partial charge >= 0.3 is 0 Å². The number of benzene rings is 2. The van der Waals surface area contributed by atoms with E-state index in [4.69, 9.17) is 0 Å². The molecule has 0 saturated carbocycles. The third-order valence-corrected chi connectivity index (χ3v) is 3.81. The molecule has 0 atom stereocenters. The number of hydrogen-bond acceptors (Lipinski definition) is 4. The van der Waals surface area contributed by atoms with Gasteiger partial charge in [-0.2, -0.15) is 0 Å². The van der Waals surface area contributed by atoms with E-state index >= 15 is 0 Å². The first-order valence-electron chi connectivity index (χ1n) is 8.94. The number of carbonyl (C=O) groups excluding carboxylic acids is 3. The lowest BCUT2D eigenvalue weighted by atomic mass is 10.1. The highest BCUT2D eigenvalue weighted by molar-refractivity contribution is 5.99. The van der Waals surface area contributed by atoms with Crippen molar-refractivity contribution < 1.29 is 14.4 Å². The molecule has 28 heavy (non-hydrogen) atoms. The van der Waals surface area contributed by atoms with Gasteiger partial charge in [0.1, 0.15) is 0 Å². The van der Waals surface area contributed by atoms with E-state index in [1.54, 1.807) is 18.2 Å². The number of carbonyl (C=O) groups is 3. The molecule has 0 aliphatic carbocycles. The highest BCUT2D eigenvalue weighted by Crippen LogP contribution is 2.19. The normalized spacial score (nSPS) is 10.5. The van der Waals surface area contributed by atoms with E-state index in [2.05, 4.69) is 20.9 Å². The lowest BCUT2D eigenvalue weighted by Crippen LogP contribution is -2.23. The van der Waals surface area contributed by atoms with Gasteiger partial charge in [-0.25, -0.2) is 0 Å². The van der Waals surface area contributed by atoms with E-state index in [1.165, 1.54) is 19.4 Å². The summed E-state index contributed by atoms with van der Waals surface area (Å²) in [5.74, 6) is -0.815. The first-order chi connectivity index (χ1) is 13.2. The van der Waals surface area contributed by atoms with E-state index in [-0.39, 0.29) is 17.7 Å². The maximum absolute atomic E-state index is 12.6. The summed E-state index contributed by atoms with van der Waals surface area (Å²) in [5, 5.41) is 8.13. The van der Waals surface area contributed by atoms with Crippen molar-refractivity contribution in [3.8, 4) is 0 Å². The van der Waals surface area contributed by atoms with E-state index in [1.807, 2.05) is 38.4 Å². The van der Waals surface area contributed by atoms with Crippen molar-refractivity contribution >= 4 is 29.1 Å². The van der Waals surface area contributed by atoms with Gasteiger partial charge in [-0.15, -0.1) is 0 Å². The summed E-state index contributed by atoms with van der Waals surface area (Å²) in [6.45, 7) is 3.99. The second-order valence-corrected chi connectivity index (χ2v) is 6.90. The number of hydrogen-bond donors (Lipinski definition) is 3. The Hall–Kier alpha value is -3.19. The Morgan fingerprint density at radius 2 is 1.32 bits per heavy atom. The second kappa shape index (κ2) is 9.66. The molecule has 0 saturated heterocycles. The molecule has 0 radical (unpaired) electrons. The number of rotatable bonds is 7. The monoisotopic (exact) mass is 382 g/mol. The van der Waals surface area contributed by atoms with Gasteiger partial charge in [-0.1, -0.05) is 24.3 Å². The summed E-state index contributed by atoms with van der Waals surface area (Å²) in [4.78, 5) is 37.3. The molecule has 2 aromatic rings. The molecular weight excluding hydrogens is 356 g/mol. The third-order valence-electron chi connectivity index (χ3n) is 3.81. The molecule has 148 valence electrons. The Kier molecular flexibility index (Phi) is 7.28. The molecule has 0 aliphatic heterocycles. The Balaban J connectivity index is 2.09. The van der Waals surface area contributed by atoms with Crippen LogP contribution in [0, 0.1) is 0 Å². The molecule has 3 N–H and O–H groups in total. The summed E-state index contributed by atoms with van der Waals surface area (Å²) in [7, 11) is 4.02. The molecule has 3 amide bonds. The van der Waals surface area contributed by atoms with Crippen LogP contribution in [0.1, 0.15) is 35.3 Å². The Bertz CT molecular complexity index is 826. The molecule has 2 aromatic carbocycles. The standard InChI is InChI=1S/C21H26N4O3/c1-14(26)23-19-9-18(10-20(11-19)24-15(2)27)21(28)22-12-16-5-7-17(8-6-16)13-25(3)4/h5-11H,12-13H2,1-4H3,(H,22,28)(H,23,26)(H,24,27). The number of anilines is 2. The van der Waals surface area contributed by atoms with Crippen molar-refractivity contribution in [3.63, 3.8) is 0 Å². The maximum Gasteiger partial charge on any atom is 0.251 e. The lowest BCUT2D eigenvalue weighted by Gasteiger charge is -2.12. The molecule has 7 nitrogen and oxygen atoms in total. The zero-order chi connectivity index (χ0) is 20.7. The molecule has 0 fully saturated rings. The molecule has 0 spiro atoms. The minimum Gasteiger partial charge on any atom is -0.348 e.